The number of anilines is 1. The molecule has 2 aromatic heterocycles. The summed E-state index contributed by atoms with van der Waals surface area (Å²) in [6.07, 6.45) is 7.45. The number of amides is 1. The number of nitrogens with zero attached hydrogens (tertiary/aromatic N) is 4. The Morgan fingerprint density at radius 2 is 2.23 bits per heavy atom. The van der Waals surface area contributed by atoms with Gasteiger partial charge in [-0.25, -0.2) is 14.6 Å². The number of hydrogen-bond acceptors (Lipinski definition) is 7. The van der Waals surface area contributed by atoms with Crippen LogP contribution in [0.3, 0.4) is 0 Å². The van der Waals surface area contributed by atoms with Gasteiger partial charge in [-0.2, -0.15) is 5.10 Å². The first-order valence-electron chi connectivity index (χ1n) is 8.69. The van der Waals surface area contributed by atoms with Crippen LogP contribution in [0, 0.1) is 11.3 Å². The second-order valence-electron chi connectivity index (χ2n) is 6.89. The number of amidine groups is 1. The normalized spacial score (nSPS) is 16.3. The van der Waals surface area contributed by atoms with E-state index in [-0.39, 0.29) is 23.4 Å². The summed E-state index contributed by atoms with van der Waals surface area (Å²) in [7, 11) is 0. The average molecular weight is 356 g/mol. The van der Waals surface area contributed by atoms with Gasteiger partial charge in [0.2, 0.25) is 0 Å². The van der Waals surface area contributed by atoms with E-state index in [4.69, 9.17) is 16.9 Å². The molecule has 1 atom stereocenters. The molecule has 1 aliphatic rings. The van der Waals surface area contributed by atoms with E-state index < -0.39 is 5.91 Å². The fourth-order valence-corrected chi connectivity index (χ4v) is 3.22. The van der Waals surface area contributed by atoms with E-state index in [1.54, 1.807) is 11.6 Å². The maximum atomic E-state index is 12.6. The van der Waals surface area contributed by atoms with E-state index in [0.717, 1.165) is 6.42 Å². The minimum atomic E-state index is -0.534. The van der Waals surface area contributed by atoms with Crippen LogP contribution in [0.5, 0.6) is 0 Å². The second-order valence-corrected chi connectivity index (χ2v) is 6.89. The predicted octanol–water partition coefficient (Wildman–Crippen LogP) is 1.73. The third-order valence-electron chi connectivity index (χ3n) is 4.67. The maximum Gasteiger partial charge on any atom is 0.278 e. The van der Waals surface area contributed by atoms with Crippen molar-refractivity contribution < 1.29 is 4.79 Å². The summed E-state index contributed by atoms with van der Waals surface area (Å²) in [5.41, 5.74) is 12.6. The van der Waals surface area contributed by atoms with Gasteiger partial charge < -0.3 is 16.8 Å². The SMILES string of the molecule is C/C(N)=C/C(=N)NC(=O)c1nn(C(C)CC2CCC2)c2ncnc(N)c12. The number of nitrogens with one attached hydrogen (secondary N) is 2. The number of hydrogen-bond donors (Lipinski definition) is 4. The lowest BCUT2D eigenvalue weighted by Crippen LogP contribution is -2.29. The summed E-state index contributed by atoms with van der Waals surface area (Å²) in [6, 6.07) is 0.0873. The van der Waals surface area contributed by atoms with Gasteiger partial charge in [0.1, 0.15) is 18.0 Å². The Hall–Kier alpha value is -2.97. The van der Waals surface area contributed by atoms with Crippen molar-refractivity contribution in [3.8, 4) is 0 Å². The number of fused-ring (bicyclic) bond motifs is 1. The minimum Gasteiger partial charge on any atom is -0.402 e. The van der Waals surface area contributed by atoms with Crippen LogP contribution in [0.1, 0.15) is 56.1 Å². The van der Waals surface area contributed by atoms with Gasteiger partial charge in [-0.3, -0.25) is 10.2 Å². The van der Waals surface area contributed by atoms with Crippen LogP contribution in [-0.2, 0) is 0 Å². The summed E-state index contributed by atoms with van der Waals surface area (Å²) >= 11 is 0. The van der Waals surface area contributed by atoms with Crippen molar-refractivity contribution in [2.45, 2.75) is 45.6 Å². The number of nitrogens with two attached hydrogens (primary N) is 2. The Morgan fingerprint density at radius 3 is 2.85 bits per heavy atom. The van der Waals surface area contributed by atoms with Gasteiger partial charge in [0.15, 0.2) is 11.3 Å². The van der Waals surface area contributed by atoms with Gasteiger partial charge >= 0.3 is 0 Å². The maximum absolute atomic E-state index is 12.6. The largest absolute Gasteiger partial charge is 0.402 e. The van der Waals surface area contributed by atoms with E-state index >= 15 is 0 Å². The highest BCUT2D eigenvalue weighted by atomic mass is 16.2. The Kier molecular flexibility index (Phi) is 4.88. The topological polar surface area (TPSA) is 149 Å². The lowest BCUT2D eigenvalue weighted by Gasteiger charge is -2.28. The Labute approximate surface area is 151 Å². The van der Waals surface area contributed by atoms with E-state index in [2.05, 4.69) is 27.3 Å². The third-order valence-corrected chi connectivity index (χ3v) is 4.67. The van der Waals surface area contributed by atoms with Crippen molar-refractivity contribution >= 4 is 28.6 Å². The van der Waals surface area contributed by atoms with Crippen LogP contribution in [-0.4, -0.2) is 31.5 Å². The predicted molar refractivity (Wildman–Crippen MR) is 99.5 cm³/mol. The monoisotopic (exact) mass is 356 g/mol. The van der Waals surface area contributed by atoms with Crippen molar-refractivity contribution in [2.24, 2.45) is 11.7 Å². The fraction of sp³-hybridized carbons (Fsp3) is 0.471. The van der Waals surface area contributed by atoms with Crippen LogP contribution >= 0.6 is 0 Å². The fourth-order valence-electron chi connectivity index (χ4n) is 3.22. The summed E-state index contributed by atoms with van der Waals surface area (Å²) < 4.78 is 1.74. The highest BCUT2D eigenvalue weighted by Crippen LogP contribution is 2.35. The van der Waals surface area contributed by atoms with E-state index in [9.17, 15) is 4.79 Å². The molecule has 0 radical (unpaired) electrons. The first-order chi connectivity index (χ1) is 12.4. The molecule has 0 spiro atoms. The molecule has 0 saturated heterocycles. The first kappa shape index (κ1) is 17.8. The summed E-state index contributed by atoms with van der Waals surface area (Å²) in [4.78, 5) is 20.9. The molecule has 0 aliphatic heterocycles. The lowest BCUT2D eigenvalue weighted by molar-refractivity contribution is 0.0972. The molecule has 2 heterocycles. The molecule has 6 N–H and O–H groups in total. The Bertz CT molecular complexity index is 876. The summed E-state index contributed by atoms with van der Waals surface area (Å²) in [5.74, 6) is 0.232. The molecular formula is C17H24N8O. The van der Waals surface area contributed by atoms with Gasteiger partial charge in [0.25, 0.3) is 5.91 Å². The van der Waals surface area contributed by atoms with Gasteiger partial charge in [0.05, 0.1) is 11.4 Å². The third kappa shape index (κ3) is 3.51. The molecule has 1 fully saturated rings. The number of aromatic nitrogens is 4. The smallest absolute Gasteiger partial charge is 0.278 e. The number of rotatable bonds is 5. The molecule has 0 bridgehead atoms. The molecule has 3 rings (SSSR count). The van der Waals surface area contributed by atoms with Crippen LogP contribution < -0.4 is 16.8 Å². The Morgan fingerprint density at radius 1 is 1.50 bits per heavy atom. The minimum absolute atomic E-state index is 0.0873. The highest BCUT2D eigenvalue weighted by molar-refractivity contribution is 6.14. The molecule has 0 aromatic carbocycles. The van der Waals surface area contributed by atoms with E-state index in [1.807, 2.05) is 0 Å². The quantitative estimate of drug-likeness (QED) is 0.473. The zero-order chi connectivity index (χ0) is 18.8. The molecule has 1 aliphatic carbocycles. The van der Waals surface area contributed by atoms with Crippen LogP contribution in [0.2, 0.25) is 0 Å². The van der Waals surface area contributed by atoms with Gasteiger partial charge in [0, 0.05) is 5.70 Å². The van der Waals surface area contributed by atoms with Crippen molar-refractivity contribution in [1.29, 1.82) is 5.41 Å². The first-order valence-corrected chi connectivity index (χ1v) is 8.69. The highest BCUT2D eigenvalue weighted by Gasteiger charge is 2.26. The summed E-state index contributed by atoms with van der Waals surface area (Å²) in [5, 5.41) is 15.1. The lowest BCUT2D eigenvalue weighted by atomic mass is 9.81. The molecular weight excluding hydrogens is 332 g/mol. The molecule has 1 unspecified atom stereocenters. The van der Waals surface area contributed by atoms with Crippen LogP contribution in [0.15, 0.2) is 18.1 Å². The van der Waals surface area contributed by atoms with Crippen molar-refractivity contribution in [2.75, 3.05) is 5.73 Å². The van der Waals surface area contributed by atoms with E-state index in [0.29, 0.717) is 22.6 Å². The number of carbonyl (C=O) groups excluding carboxylic acids is 1. The average Bonchev–Trinajstić information content (AvgIpc) is 2.91. The number of allylic oxidation sites excluding steroid dienone is 1. The van der Waals surface area contributed by atoms with Gasteiger partial charge in [-0.1, -0.05) is 19.3 Å². The molecule has 9 heteroatoms. The van der Waals surface area contributed by atoms with Crippen LogP contribution in [0.25, 0.3) is 11.0 Å². The molecule has 1 amide bonds. The zero-order valence-electron chi connectivity index (χ0n) is 15.0. The van der Waals surface area contributed by atoms with Crippen LogP contribution in [0.4, 0.5) is 5.82 Å². The van der Waals surface area contributed by atoms with E-state index in [1.165, 1.54) is 31.7 Å². The Balaban J connectivity index is 1.95. The standard InChI is InChI=1S/C17H24N8O/c1-9(18)6-12(19)23-17(26)14-13-15(20)21-8-22-16(13)25(24-14)10(2)7-11-4-3-5-11/h6,8,10-11H,3-5,7,18H2,1-2H3,(H2,19,23,26)(H2,20,21,22)/b9-6-. The summed E-state index contributed by atoms with van der Waals surface area (Å²) in [6.45, 7) is 3.70. The number of carbonyl (C=O) groups is 1. The molecule has 2 aromatic rings. The molecule has 138 valence electrons. The van der Waals surface area contributed by atoms with Crippen molar-refractivity contribution in [1.82, 2.24) is 25.1 Å². The van der Waals surface area contributed by atoms with Gasteiger partial charge in [-0.15, -0.1) is 0 Å². The molecule has 9 nitrogen and oxygen atoms in total. The number of nitrogen functional groups attached to an aromatic ring is 1. The van der Waals surface area contributed by atoms with Crippen molar-refractivity contribution in [3.63, 3.8) is 0 Å². The zero-order valence-corrected chi connectivity index (χ0v) is 15.0. The molecule has 1 saturated carbocycles. The van der Waals surface area contributed by atoms with Crippen molar-refractivity contribution in [3.05, 3.63) is 23.8 Å². The second kappa shape index (κ2) is 7.11. The van der Waals surface area contributed by atoms with Gasteiger partial charge in [-0.05, 0) is 32.3 Å². The molecule has 26 heavy (non-hydrogen) atoms.